The molecule has 0 N–H and O–H groups in total. The Bertz CT molecular complexity index is 1940. The second kappa shape index (κ2) is 8.82. The summed E-state index contributed by atoms with van der Waals surface area (Å²) in [6, 6.07) is 45.1. The van der Waals surface area contributed by atoms with Crippen LogP contribution in [0.1, 0.15) is 11.1 Å². The number of hydrogen-bond donors (Lipinski definition) is 0. The number of para-hydroxylation sites is 1. The normalized spacial score (nSPS) is 12.4. The Morgan fingerprint density at radius 1 is 0.487 bits per heavy atom. The van der Waals surface area contributed by atoms with Crippen LogP contribution < -0.4 is 0 Å². The summed E-state index contributed by atoms with van der Waals surface area (Å²) in [4.78, 5) is 5.06. The topological polar surface area (TPSA) is 26.0 Å². The fourth-order valence-electron chi connectivity index (χ4n) is 6.08. The lowest BCUT2D eigenvalue weighted by Crippen LogP contribution is -2.04. The van der Waals surface area contributed by atoms with Gasteiger partial charge in [0.1, 0.15) is 11.2 Å². The van der Waals surface area contributed by atoms with Gasteiger partial charge in [0.25, 0.3) is 0 Å². The first-order chi connectivity index (χ1) is 19.3. The lowest BCUT2D eigenvalue weighted by atomic mass is 9.82. The van der Waals surface area contributed by atoms with Crippen LogP contribution in [0.4, 0.5) is 0 Å². The van der Waals surface area contributed by atoms with Gasteiger partial charge in [0.2, 0.25) is 0 Å². The molecule has 0 fully saturated rings. The van der Waals surface area contributed by atoms with E-state index in [1.165, 1.54) is 44.2 Å². The number of benzene rings is 5. The van der Waals surface area contributed by atoms with Crippen LogP contribution in [0.5, 0.6) is 0 Å². The summed E-state index contributed by atoms with van der Waals surface area (Å²) in [6.07, 6.45) is 2.06. The Hall–Kier alpha value is -4.95. The van der Waals surface area contributed by atoms with Crippen LogP contribution in [0, 0.1) is 0 Å². The smallest absolute Gasteiger partial charge is 0.136 e. The Kier molecular flexibility index (Phi) is 4.99. The van der Waals surface area contributed by atoms with Crippen molar-refractivity contribution < 1.29 is 4.42 Å². The van der Waals surface area contributed by atoms with E-state index < -0.39 is 0 Å². The summed E-state index contributed by atoms with van der Waals surface area (Å²) < 4.78 is 6.23. The molecule has 0 saturated heterocycles. The molecule has 0 saturated carbocycles. The average molecular weight is 500 g/mol. The third-order valence-corrected chi connectivity index (χ3v) is 7.97. The molecule has 0 bridgehead atoms. The van der Waals surface area contributed by atoms with Crippen molar-refractivity contribution in [1.29, 1.82) is 0 Å². The molecule has 5 aromatic carbocycles. The zero-order valence-electron chi connectivity index (χ0n) is 21.4. The van der Waals surface area contributed by atoms with Crippen molar-refractivity contribution in [3.05, 3.63) is 139 Å². The molecular formula is C37H25NO. The van der Waals surface area contributed by atoms with Crippen LogP contribution in [0.3, 0.4) is 0 Å². The highest BCUT2D eigenvalue weighted by Crippen LogP contribution is 2.44. The summed E-state index contributed by atoms with van der Waals surface area (Å²) in [5, 5.41) is 2.42. The maximum absolute atomic E-state index is 6.23. The zero-order valence-corrected chi connectivity index (χ0v) is 21.4. The van der Waals surface area contributed by atoms with E-state index in [0.717, 1.165) is 46.5 Å². The molecule has 0 amide bonds. The molecule has 2 heteroatoms. The van der Waals surface area contributed by atoms with Crippen molar-refractivity contribution in [3.8, 4) is 44.8 Å². The molecule has 0 unspecified atom stereocenters. The van der Waals surface area contributed by atoms with Crippen molar-refractivity contribution in [2.45, 2.75) is 12.8 Å². The number of aromatic nitrogens is 1. The van der Waals surface area contributed by atoms with E-state index in [-0.39, 0.29) is 0 Å². The average Bonchev–Trinajstić information content (AvgIpc) is 3.40. The van der Waals surface area contributed by atoms with Gasteiger partial charge in [-0.05, 0) is 70.5 Å². The van der Waals surface area contributed by atoms with Crippen LogP contribution in [-0.4, -0.2) is 4.98 Å². The highest BCUT2D eigenvalue weighted by Gasteiger charge is 2.22. The van der Waals surface area contributed by atoms with E-state index in [1.807, 2.05) is 18.2 Å². The quantitative estimate of drug-likeness (QED) is 0.242. The molecule has 8 rings (SSSR count). The largest absolute Gasteiger partial charge is 0.456 e. The Labute approximate surface area is 227 Å². The van der Waals surface area contributed by atoms with Gasteiger partial charge in [-0.15, -0.1) is 0 Å². The van der Waals surface area contributed by atoms with Gasteiger partial charge >= 0.3 is 0 Å². The minimum absolute atomic E-state index is 0.948. The second-order valence-electron chi connectivity index (χ2n) is 10.3. The number of furan rings is 1. The van der Waals surface area contributed by atoms with Crippen molar-refractivity contribution in [1.82, 2.24) is 4.98 Å². The third-order valence-electron chi connectivity index (χ3n) is 7.97. The number of aryl methyl sites for hydroxylation is 2. The SMILES string of the molecule is c1ccc(-c2cc(-c3ccc4c(c3)CCc3ccc5oc6ccccc6c5c3-4)cc(-c3ccccc3)n2)cc1. The predicted octanol–water partition coefficient (Wildman–Crippen LogP) is 9.75. The summed E-state index contributed by atoms with van der Waals surface area (Å²) in [5.74, 6) is 0. The lowest BCUT2D eigenvalue weighted by molar-refractivity contribution is 0.668. The molecule has 2 heterocycles. The summed E-state index contributed by atoms with van der Waals surface area (Å²) >= 11 is 0. The third kappa shape index (κ3) is 3.68. The van der Waals surface area contributed by atoms with Crippen LogP contribution >= 0.6 is 0 Å². The number of nitrogens with zero attached hydrogens (tertiary/aromatic N) is 1. The first kappa shape index (κ1) is 22.1. The van der Waals surface area contributed by atoms with E-state index >= 15 is 0 Å². The predicted molar refractivity (Wildman–Crippen MR) is 161 cm³/mol. The lowest BCUT2D eigenvalue weighted by Gasteiger charge is -2.22. The van der Waals surface area contributed by atoms with Crippen molar-refractivity contribution >= 4 is 21.9 Å². The molecule has 184 valence electrons. The first-order valence-corrected chi connectivity index (χ1v) is 13.5. The highest BCUT2D eigenvalue weighted by molar-refractivity contribution is 6.13. The number of fused-ring (bicyclic) bond motifs is 7. The number of hydrogen-bond acceptors (Lipinski definition) is 2. The van der Waals surface area contributed by atoms with Gasteiger partial charge in [-0.25, -0.2) is 4.98 Å². The van der Waals surface area contributed by atoms with Crippen LogP contribution in [0.25, 0.3) is 66.7 Å². The van der Waals surface area contributed by atoms with Crippen molar-refractivity contribution in [2.24, 2.45) is 0 Å². The van der Waals surface area contributed by atoms with Crippen molar-refractivity contribution in [2.75, 3.05) is 0 Å². The molecule has 2 nitrogen and oxygen atoms in total. The molecule has 0 radical (unpaired) electrons. The molecule has 7 aromatic rings. The van der Waals surface area contributed by atoms with Gasteiger partial charge in [-0.1, -0.05) is 103 Å². The summed E-state index contributed by atoms with van der Waals surface area (Å²) in [7, 11) is 0. The standard InChI is InChI=1S/C37H25NO/c1-3-9-24(10-4-1)32-22-29(23-33(38-32)25-11-5-2-6-12-25)27-17-19-30-28(21-27)16-15-26-18-20-35-37(36(26)30)31-13-7-8-14-34(31)39-35/h1-14,17-23H,15-16H2. The molecule has 39 heavy (non-hydrogen) atoms. The maximum Gasteiger partial charge on any atom is 0.136 e. The van der Waals surface area contributed by atoms with Gasteiger partial charge in [0.05, 0.1) is 11.4 Å². The first-order valence-electron chi connectivity index (χ1n) is 13.5. The monoisotopic (exact) mass is 499 g/mol. The van der Waals surface area contributed by atoms with Crippen LogP contribution in [0.15, 0.2) is 132 Å². The fourth-order valence-corrected chi connectivity index (χ4v) is 6.08. The van der Waals surface area contributed by atoms with Gasteiger partial charge in [-0.2, -0.15) is 0 Å². The molecular weight excluding hydrogens is 474 g/mol. The Morgan fingerprint density at radius 3 is 1.90 bits per heavy atom. The maximum atomic E-state index is 6.23. The van der Waals surface area contributed by atoms with E-state index in [0.29, 0.717) is 0 Å². The second-order valence-corrected chi connectivity index (χ2v) is 10.3. The Balaban J connectivity index is 1.31. The zero-order chi connectivity index (χ0) is 25.8. The minimum Gasteiger partial charge on any atom is -0.456 e. The number of rotatable bonds is 3. The Morgan fingerprint density at radius 2 is 1.15 bits per heavy atom. The summed E-state index contributed by atoms with van der Waals surface area (Å²) in [6.45, 7) is 0. The van der Waals surface area contributed by atoms with Crippen LogP contribution in [-0.2, 0) is 12.8 Å². The van der Waals surface area contributed by atoms with Crippen molar-refractivity contribution in [3.63, 3.8) is 0 Å². The van der Waals surface area contributed by atoms with Gasteiger partial charge in [-0.3, -0.25) is 0 Å². The molecule has 1 aliphatic rings. The fraction of sp³-hybridized carbons (Fsp3) is 0.0541. The number of pyridine rings is 1. The van der Waals surface area contributed by atoms with Gasteiger partial charge in [0.15, 0.2) is 0 Å². The molecule has 0 spiro atoms. The highest BCUT2D eigenvalue weighted by atomic mass is 16.3. The van der Waals surface area contributed by atoms with E-state index in [2.05, 4.69) is 109 Å². The molecule has 0 aliphatic heterocycles. The molecule has 0 atom stereocenters. The van der Waals surface area contributed by atoms with Gasteiger partial charge in [0, 0.05) is 21.9 Å². The van der Waals surface area contributed by atoms with Gasteiger partial charge < -0.3 is 4.42 Å². The molecule has 1 aliphatic carbocycles. The van der Waals surface area contributed by atoms with Crippen LogP contribution in [0.2, 0.25) is 0 Å². The van der Waals surface area contributed by atoms with E-state index in [1.54, 1.807) is 0 Å². The summed E-state index contributed by atoms with van der Waals surface area (Å²) in [5.41, 5.74) is 14.0. The molecule has 2 aromatic heterocycles. The van der Waals surface area contributed by atoms with E-state index in [4.69, 9.17) is 9.40 Å². The minimum atomic E-state index is 0.948. The van der Waals surface area contributed by atoms with E-state index in [9.17, 15) is 0 Å².